The third kappa shape index (κ3) is 2.94. The monoisotopic (exact) mass is 232 g/mol. The summed E-state index contributed by atoms with van der Waals surface area (Å²) >= 11 is 0. The fraction of sp³-hybridized carbons (Fsp3) is 0.300. The van der Waals surface area contributed by atoms with Crippen LogP contribution in [-0.4, -0.2) is 6.04 Å². The summed E-state index contributed by atoms with van der Waals surface area (Å²) < 4.78 is 49.8. The molecule has 2 nitrogen and oxygen atoms in total. The maximum Gasteiger partial charge on any atom is 0.416 e. The molecule has 0 heterocycles. The lowest BCUT2D eigenvalue weighted by Gasteiger charge is -2.09. The molecule has 1 aromatic rings. The second-order valence-electron chi connectivity index (χ2n) is 3.24. The van der Waals surface area contributed by atoms with E-state index in [1.807, 2.05) is 0 Å². The smallest absolute Gasteiger partial charge is 0.316 e. The molecule has 1 rings (SSSR count). The molecular weight excluding hydrogens is 224 g/mol. The first kappa shape index (κ1) is 12.5. The van der Waals surface area contributed by atoms with Crippen LogP contribution in [0.3, 0.4) is 0 Å². The quantitative estimate of drug-likeness (QED) is 0.795. The fourth-order valence-corrected chi connectivity index (χ4v) is 1.17. The minimum atomic E-state index is -4.57. The summed E-state index contributed by atoms with van der Waals surface area (Å²) in [6.45, 7) is 0. The van der Waals surface area contributed by atoms with Crippen molar-refractivity contribution in [2.75, 3.05) is 0 Å². The molecule has 1 aromatic carbocycles. The summed E-state index contributed by atoms with van der Waals surface area (Å²) in [5.74, 6) is -1.000. The molecule has 0 aliphatic heterocycles. The van der Waals surface area contributed by atoms with Crippen molar-refractivity contribution in [2.24, 2.45) is 5.73 Å². The van der Waals surface area contributed by atoms with Gasteiger partial charge in [-0.1, -0.05) is 6.07 Å². The highest BCUT2D eigenvalue weighted by molar-refractivity contribution is 5.27. The lowest BCUT2D eigenvalue weighted by atomic mass is 10.0. The molecule has 0 aromatic heterocycles. The normalized spacial score (nSPS) is 13.2. The van der Waals surface area contributed by atoms with Crippen LogP contribution < -0.4 is 5.73 Å². The van der Waals surface area contributed by atoms with Gasteiger partial charge in [0.05, 0.1) is 17.7 Å². The number of nitrogens with zero attached hydrogens (tertiary/aromatic N) is 1. The third-order valence-electron chi connectivity index (χ3n) is 1.99. The largest absolute Gasteiger partial charge is 0.416 e. The summed E-state index contributed by atoms with van der Waals surface area (Å²) in [5.41, 5.74) is 4.19. The number of benzene rings is 1. The molecule has 0 saturated carbocycles. The van der Waals surface area contributed by atoms with Gasteiger partial charge in [-0.15, -0.1) is 0 Å². The van der Waals surface area contributed by atoms with Gasteiger partial charge in [0.2, 0.25) is 0 Å². The number of hydrogen-bond acceptors (Lipinski definition) is 2. The van der Waals surface area contributed by atoms with Gasteiger partial charge in [-0.3, -0.25) is 0 Å². The van der Waals surface area contributed by atoms with Crippen LogP contribution in [0.5, 0.6) is 0 Å². The molecule has 86 valence electrons. The van der Waals surface area contributed by atoms with Gasteiger partial charge in [-0.05, 0) is 17.7 Å². The molecule has 0 saturated heterocycles. The first-order valence-corrected chi connectivity index (χ1v) is 4.35. The van der Waals surface area contributed by atoms with E-state index in [4.69, 9.17) is 11.0 Å². The first-order chi connectivity index (χ1) is 7.34. The molecule has 0 radical (unpaired) electrons. The SMILES string of the molecule is N#C[C@@H](N)Cc1ccc(C(F)(F)F)cc1F. The van der Waals surface area contributed by atoms with Gasteiger partial charge >= 0.3 is 6.18 Å². The minimum Gasteiger partial charge on any atom is -0.316 e. The van der Waals surface area contributed by atoms with Crippen molar-refractivity contribution in [3.63, 3.8) is 0 Å². The molecule has 0 spiro atoms. The second kappa shape index (κ2) is 4.49. The van der Waals surface area contributed by atoms with Gasteiger partial charge in [0.15, 0.2) is 0 Å². The Labute approximate surface area is 89.3 Å². The molecule has 0 aliphatic rings. The topological polar surface area (TPSA) is 49.8 Å². The van der Waals surface area contributed by atoms with Crippen LogP contribution in [0.15, 0.2) is 18.2 Å². The molecule has 0 aliphatic carbocycles. The van der Waals surface area contributed by atoms with Crippen molar-refractivity contribution in [1.82, 2.24) is 0 Å². The van der Waals surface area contributed by atoms with Crippen LogP contribution >= 0.6 is 0 Å². The number of halogens is 4. The average Bonchev–Trinajstić information content (AvgIpc) is 2.19. The molecule has 2 N–H and O–H groups in total. The zero-order valence-electron chi connectivity index (χ0n) is 8.05. The molecule has 0 bridgehead atoms. The van der Waals surface area contributed by atoms with Gasteiger partial charge in [0.25, 0.3) is 0 Å². The summed E-state index contributed by atoms with van der Waals surface area (Å²) in [4.78, 5) is 0. The van der Waals surface area contributed by atoms with Crippen LogP contribution in [-0.2, 0) is 12.6 Å². The zero-order valence-corrected chi connectivity index (χ0v) is 8.05. The second-order valence-corrected chi connectivity index (χ2v) is 3.24. The highest BCUT2D eigenvalue weighted by Gasteiger charge is 2.31. The number of nitriles is 1. The van der Waals surface area contributed by atoms with E-state index in [2.05, 4.69) is 0 Å². The van der Waals surface area contributed by atoms with Crippen molar-refractivity contribution < 1.29 is 17.6 Å². The Morgan fingerprint density at radius 1 is 1.38 bits per heavy atom. The minimum absolute atomic E-state index is 0.00190. The number of nitrogens with two attached hydrogens (primary N) is 1. The van der Waals surface area contributed by atoms with E-state index in [9.17, 15) is 17.6 Å². The van der Waals surface area contributed by atoms with Gasteiger partial charge in [-0.2, -0.15) is 18.4 Å². The predicted molar refractivity (Wildman–Crippen MR) is 48.7 cm³/mol. The van der Waals surface area contributed by atoms with Crippen LogP contribution in [0, 0.1) is 17.1 Å². The lowest BCUT2D eigenvalue weighted by Crippen LogP contribution is -2.21. The van der Waals surface area contributed by atoms with Crippen molar-refractivity contribution in [3.8, 4) is 6.07 Å². The van der Waals surface area contributed by atoms with E-state index in [1.165, 1.54) is 0 Å². The fourth-order valence-electron chi connectivity index (χ4n) is 1.17. The molecule has 0 unspecified atom stereocenters. The van der Waals surface area contributed by atoms with Gasteiger partial charge in [0.1, 0.15) is 5.82 Å². The summed E-state index contributed by atoms with van der Waals surface area (Å²) in [7, 11) is 0. The van der Waals surface area contributed by atoms with Gasteiger partial charge in [-0.25, -0.2) is 4.39 Å². The van der Waals surface area contributed by atoms with Crippen molar-refractivity contribution >= 4 is 0 Å². The predicted octanol–water partition coefficient (Wildman–Crippen LogP) is 2.24. The van der Waals surface area contributed by atoms with E-state index in [-0.39, 0.29) is 12.0 Å². The molecular formula is C10H8F4N2. The first-order valence-electron chi connectivity index (χ1n) is 4.35. The molecule has 16 heavy (non-hydrogen) atoms. The molecule has 1 atom stereocenters. The zero-order chi connectivity index (χ0) is 12.3. The van der Waals surface area contributed by atoms with E-state index in [0.717, 1.165) is 12.1 Å². The van der Waals surface area contributed by atoms with Crippen LogP contribution in [0.2, 0.25) is 0 Å². The maximum atomic E-state index is 13.2. The molecule has 6 heteroatoms. The summed E-state index contributed by atoms with van der Waals surface area (Å²) in [5, 5.41) is 8.39. The Balaban J connectivity index is 2.97. The Morgan fingerprint density at radius 2 is 2.00 bits per heavy atom. The lowest BCUT2D eigenvalue weighted by molar-refractivity contribution is -0.137. The highest BCUT2D eigenvalue weighted by atomic mass is 19.4. The highest BCUT2D eigenvalue weighted by Crippen LogP contribution is 2.30. The van der Waals surface area contributed by atoms with Crippen molar-refractivity contribution in [3.05, 3.63) is 35.1 Å². The van der Waals surface area contributed by atoms with E-state index < -0.39 is 23.6 Å². The number of alkyl halides is 3. The summed E-state index contributed by atoms with van der Waals surface area (Å²) in [6, 6.07) is 2.91. The summed E-state index contributed by atoms with van der Waals surface area (Å²) in [6.07, 6.45) is -4.68. The van der Waals surface area contributed by atoms with Crippen molar-refractivity contribution in [2.45, 2.75) is 18.6 Å². The Hall–Kier alpha value is -1.61. The van der Waals surface area contributed by atoms with E-state index >= 15 is 0 Å². The molecule has 0 fully saturated rings. The maximum absolute atomic E-state index is 13.2. The number of hydrogen-bond donors (Lipinski definition) is 1. The Morgan fingerprint density at radius 3 is 2.44 bits per heavy atom. The third-order valence-corrected chi connectivity index (χ3v) is 1.99. The Kier molecular flexibility index (Phi) is 3.50. The van der Waals surface area contributed by atoms with E-state index in [0.29, 0.717) is 6.07 Å². The van der Waals surface area contributed by atoms with Crippen LogP contribution in [0.1, 0.15) is 11.1 Å². The number of rotatable bonds is 2. The van der Waals surface area contributed by atoms with Gasteiger partial charge < -0.3 is 5.73 Å². The Bertz CT molecular complexity index is 420. The molecule has 0 amide bonds. The standard InChI is InChI=1S/C10H8F4N2/c11-9-4-7(10(12,13)14)2-1-6(9)3-8(16)5-15/h1-2,4,8H,3,16H2/t8-/m0/s1. The van der Waals surface area contributed by atoms with Crippen molar-refractivity contribution in [1.29, 1.82) is 5.26 Å². The van der Waals surface area contributed by atoms with Crippen LogP contribution in [0.4, 0.5) is 17.6 Å². The van der Waals surface area contributed by atoms with Gasteiger partial charge in [0, 0.05) is 6.42 Å². The van der Waals surface area contributed by atoms with E-state index in [1.54, 1.807) is 6.07 Å². The average molecular weight is 232 g/mol. The van der Waals surface area contributed by atoms with Crippen LogP contribution in [0.25, 0.3) is 0 Å².